The summed E-state index contributed by atoms with van der Waals surface area (Å²) in [6, 6.07) is 15.7. The predicted molar refractivity (Wildman–Crippen MR) is 107 cm³/mol. The van der Waals surface area contributed by atoms with Crippen molar-refractivity contribution in [1.82, 2.24) is 0 Å². The van der Waals surface area contributed by atoms with Gasteiger partial charge in [0.1, 0.15) is 17.2 Å². The van der Waals surface area contributed by atoms with Gasteiger partial charge in [-0.1, -0.05) is 6.07 Å². The Morgan fingerprint density at radius 1 is 0.897 bits per heavy atom. The van der Waals surface area contributed by atoms with E-state index in [2.05, 4.69) is 20.5 Å². The number of nitro groups is 1. The molecule has 0 atom stereocenters. The fraction of sp³-hybridized carbons (Fsp3) is 0.100. The molecule has 0 amide bonds. The van der Waals surface area contributed by atoms with E-state index in [9.17, 15) is 15.2 Å². The monoisotopic (exact) mass is 391 g/mol. The average Bonchev–Trinajstić information content (AvgIpc) is 2.72. The standard InChI is InChI=1S/C20H17N5O4/c1-13-10-19(24-21-14-6-8-17(26)9-7-14)20(29-2)12-18(13)23-22-15-4-3-5-16(11-15)25(27)28/h3-12,26H,1-2H3. The first kappa shape index (κ1) is 19.6. The van der Waals surface area contributed by atoms with Crippen molar-refractivity contribution in [3.8, 4) is 11.5 Å². The Hall–Kier alpha value is -4.14. The molecule has 0 fully saturated rings. The molecule has 29 heavy (non-hydrogen) atoms. The molecular formula is C20H17N5O4. The zero-order valence-electron chi connectivity index (χ0n) is 15.7. The molecule has 146 valence electrons. The van der Waals surface area contributed by atoms with Crippen molar-refractivity contribution in [2.24, 2.45) is 20.5 Å². The van der Waals surface area contributed by atoms with Crippen LogP contribution in [0.4, 0.5) is 28.4 Å². The van der Waals surface area contributed by atoms with E-state index in [4.69, 9.17) is 4.74 Å². The molecule has 3 rings (SSSR count). The number of aryl methyl sites for hydroxylation is 1. The minimum Gasteiger partial charge on any atom is -0.508 e. The van der Waals surface area contributed by atoms with Gasteiger partial charge < -0.3 is 9.84 Å². The van der Waals surface area contributed by atoms with Gasteiger partial charge >= 0.3 is 0 Å². The molecule has 0 aromatic heterocycles. The van der Waals surface area contributed by atoms with E-state index in [1.807, 2.05) is 6.92 Å². The van der Waals surface area contributed by atoms with Crippen LogP contribution in [0.2, 0.25) is 0 Å². The van der Waals surface area contributed by atoms with Crippen molar-refractivity contribution >= 4 is 28.4 Å². The van der Waals surface area contributed by atoms with Crippen molar-refractivity contribution < 1.29 is 14.8 Å². The highest BCUT2D eigenvalue weighted by Gasteiger charge is 2.09. The number of phenolic OH excluding ortho intramolecular Hbond substituents is 1. The van der Waals surface area contributed by atoms with Crippen LogP contribution in [0.5, 0.6) is 11.5 Å². The van der Waals surface area contributed by atoms with Crippen molar-refractivity contribution in [2.45, 2.75) is 6.92 Å². The zero-order chi connectivity index (χ0) is 20.8. The van der Waals surface area contributed by atoms with E-state index in [0.717, 1.165) is 5.56 Å². The number of rotatable bonds is 6. The van der Waals surface area contributed by atoms with Gasteiger partial charge in [-0.25, -0.2) is 0 Å². The van der Waals surface area contributed by atoms with Gasteiger partial charge in [-0.05, 0) is 48.9 Å². The second-order valence-electron chi connectivity index (χ2n) is 6.00. The van der Waals surface area contributed by atoms with Gasteiger partial charge in [-0.3, -0.25) is 10.1 Å². The van der Waals surface area contributed by atoms with Crippen molar-refractivity contribution in [3.63, 3.8) is 0 Å². The van der Waals surface area contributed by atoms with Crippen LogP contribution in [0.3, 0.4) is 0 Å². The number of hydrogen-bond donors (Lipinski definition) is 1. The molecule has 9 heteroatoms. The minimum absolute atomic E-state index is 0.0549. The summed E-state index contributed by atoms with van der Waals surface area (Å²) < 4.78 is 5.37. The van der Waals surface area contributed by atoms with Gasteiger partial charge in [0.05, 0.1) is 29.1 Å². The number of nitrogens with zero attached hydrogens (tertiary/aromatic N) is 5. The van der Waals surface area contributed by atoms with Gasteiger partial charge in [0.25, 0.3) is 5.69 Å². The average molecular weight is 391 g/mol. The van der Waals surface area contributed by atoms with E-state index in [1.165, 1.54) is 31.4 Å². The van der Waals surface area contributed by atoms with Crippen LogP contribution in [0.25, 0.3) is 0 Å². The van der Waals surface area contributed by atoms with Crippen molar-refractivity contribution in [2.75, 3.05) is 7.11 Å². The summed E-state index contributed by atoms with van der Waals surface area (Å²) in [4.78, 5) is 10.4. The fourth-order valence-corrected chi connectivity index (χ4v) is 2.42. The third-order valence-electron chi connectivity index (χ3n) is 3.93. The molecule has 0 saturated heterocycles. The smallest absolute Gasteiger partial charge is 0.271 e. The maximum atomic E-state index is 10.9. The lowest BCUT2D eigenvalue weighted by atomic mass is 10.1. The number of ether oxygens (including phenoxy) is 1. The van der Waals surface area contributed by atoms with Crippen LogP contribution in [0.1, 0.15) is 5.56 Å². The molecule has 0 aliphatic carbocycles. The Bertz CT molecular complexity index is 1090. The first-order chi connectivity index (χ1) is 14.0. The molecule has 0 saturated carbocycles. The highest BCUT2D eigenvalue weighted by atomic mass is 16.6. The minimum atomic E-state index is -0.485. The first-order valence-electron chi connectivity index (χ1n) is 8.52. The summed E-state index contributed by atoms with van der Waals surface area (Å²) in [5, 5.41) is 36.8. The van der Waals surface area contributed by atoms with Gasteiger partial charge in [-0.2, -0.15) is 15.3 Å². The van der Waals surface area contributed by atoms with E-state index in [-0.39, 0.29) is 11.4 Å². The quantitative estimate of drug-likeness (QED) is 0.295. The predicted octanol–water partition coefficient (Wildman–Crippen LogP) is 6.45. The van der Waals surface area contributed by atoms with Crippen LogP contribution < -0.4 is 4.74 Å². The largest absolute Gasteiger partial charge is 0.508 e. The molecule has 9 nitrogen and oxygen atoms in total. The first-order valence-corrected chi connectivity index (χ1v) is 8.52. The Morgan fingerprint density at radius 3 is 2.28 bits per heavy atom. The number of azo groups is 2. The maximum absolute atomic E-state index is 10.9. The van der Waals surface area contributed by atoms with Crippen LogP contribution in [0.15, 0.2) is 81.1 Å². The van der Waals surface area contributed by atoms with Crippen LogP contribution >= 0.6 is 0 Å². The Morgan fingerprint density at radius 2 is 1.59 bits per heavy atom. The second-order valence-corrected chi connectivity index (χ2v) is 6.00. The normalized spacial score (nSPS) is 11.2. The van der Waals surface area contributed by atoms with Gasteiger partial charge in [-0.15, -0.1) is 5.11 Å². The molecule has 0 unspecified atom stereocenters. The number of benzene rings is 3. The van der Waals surface area contributed by atoms with E-state index < -0.39 is 4.92 Å². The lowest BCUT2D eigenvalue weighted by Crippen LogP contribution is -1.86. The number of phenols is 1. The van der Waals surface area contributed by atoms with E-state index in [1.54, 1.807) is 36.4 Å². The molecule has 0 radical (unpaired) electrons. The highest BCUT2D eigenvalue weighted by Crippen LogP contribution is 2.36. The number of methoxy groups -OCH3 is 1. The summed E-state index contributed by atoms with van der Waals surface area (Å²) in [6.07, 6.45) is 0. The molecular weight excluding hydrogens is 374 g/mol. The molecule has 1 N–H and O–H groups in total. The van der Waals surface area contributed by atoms with Gasteiger partial charge in [0.2, 0.25) is 0 Å². The summed E-state index contributed by atoms with van der Waals surface area (Å²) in [5.74, 6) is 0.599. The number of hydrogen-bond acceptors (Lipinski definition) is 8. The molecule has 0 aliphatic rings. The van der Waals surface area contributed by atoms with E-state index in [0.29, 0.717) is 28.5 Å². The van der Waals surface area contributed by atoms with Crippen LogP contribution in [-0.2, 0) is 0 Å². The lowest BCUT2D eigenvalue weighted by Gasteiger charge is -2.07. The molecule has 0 spiro atoms. The molecule has 0 aliphatic heterocycles. The molecule has 0 bridgehead atoms. The topological polar surface area (TPSA) is 122 Å². The maximum Gasteiger partial charge on any atom is 0.271 e. The lowest BCUT2D eigenvalue weighted by molar-refractivity contribution is -0.384. The SMILES string of the molecule is COc1cc(N=Nc2cccc([N+](=O)[O-])c2)c(C)cc1N=Nc1ccc(O)cc1. The molecule has 0 heterocycles. The van der Waals surface area contributed by atoms with Gasteiger partial charge in [0.15, 0.2) is 0 Å². The van der Waals surface area contributed by atoms with Crippen molar-refractivity contribution in [3.05, 3.63) is 76.3 Å². The summed E-state index contributed by atoms with van der Waals surface area (Å²) >= 11 is 0. The Balaban J connectivity index is 1.87. The highest BCUT2D eigenvalue weighted by molar-refractivity contribution is 5.63. The fourth-order valence-electron chi connectivity index (χ4n) is 2.42. The molecule has 3 aromatic rings. The zero-order valence-corrected chi connectivity index (χ0v) is 15.7. The summed E-state index contributed by atoms with van der Waals surface area (Å²) in [7, 11) is 1.51. The van der Waals surface area contributed by atoms with Gasteiger partial charge in [0, 0.05) is 18.2 Å². The third-order valence-corrected chi connectivity index (χ3v) is 3.93. The second kappa shape index (κ2) is 8.70. The third kappa shape index (κ3) is 4.98. The Labute approximate surface area is 166 Å². The van der Waals surface area contributed by atoms with E-state index >= 15 is 0 Å². The number of non-ortho nitro benzene ring substituents is 1. The van der Waals surface area contributed by atoms with Crippen molar-refractivity contribution in [1.29, 1.82) is 0 Å². The van der Waals surface area contributed by atoms with Crippen LogP contribution in [-0.4, -0.2) is 17.1 Å². The molecule has 3 aromatic carbocycles. The van der Waals surface area contributed by atoms with Crippen LogP contribution in [0, 0.1) is 17.0 Å². The summed E-state index contributed by atoms with van der Waals surface area (Å²) in [6.45, 7) is 1.83. The summed E-state index contributed by atoms with van der Waals surface area (Å²) in [5.41, 5.74) is 2.72. The Kier molecular flexibility index (Phi) is 5.88. The number of aromatic hydroxyl groups is 1. The number of nitro benzene ring substituents is 1.